The Hall–Kier alpha value is 0.600. The molecule has 5 heteroatoms. The van der Waals surface area contributed by atoms with Gasteiger partial charge in [-0.25, -0.2) is 0 Å². The Morgan fingerprint density at radius 1 is 1.33 bits per heavy atom. The fourth-order valence-corrected chi connectivity index (χ4v) is 4.24. The van der Waals surface area contributed by atoms with E-state index in [0.717, 1.165) is 0 Å². The van der Waals surface area contributed by atoms with Crippen molar-refractivity contribution in [3.8, 4) is 0 Å². The van der Waals surface area contributed by atoms with E-state index >= 15 is 0 Å². The van der Waals surface area contributed by atoms with Gasteiger partial charge in [-0.2, -0.15) is 0 Å². The molecule has 0 aromatic carbocycles. The number of halogens is 2. The van der Waals surface area contributed by atoms with Gasteiger partial charge < -0.3 is 0 Å². The molecular formula is C4H4I2NO2-. The van der Waals surface area contributed by atoms with Crippen LogP contribution in [0.25, 0.3) is 0 Å². The Balaban J connectivity index is 2.66. The average molecular weight is 352 g/mol. The van der Waals surface area contributed by atoms with Crippen molar-refractivity contribution in [1.29, 1.82) is 0 Å². The van der Waals surface area contributed by atoms with Crippen molar-refractivity contribution < 1.29 is 27.1 Å². The molecule has 0 spiro atoms. The zero-order valence-electron chi connectivity index (χ0n) is 4.43. The number of hydrogen-bond donors (Lipinski definition) is 0. The fraction of sp³-hybridized carbons (Fsp3) is 0.500. The molecule has 0 N–H and O–H groups in total. The van der Waals surface area contributed by atoms with Crippen LogP contribution in [0.15, 0.2) is 0 Å². The number of carbonyl (C=O) groups excluding carboxylic acids is 2. The van der Waals surface area contributed by atoms with Gasteiger partial charge in [-0.05, 0) is 0 Å². The zero-order valence-corrected chi connectivity index (χ0v) is 8.75. The molecule has 0 aromatic rings. The molecule has 0 aromatic heterocycles. The second-order valence-electron chi connectivity index (χ2n) is 1.63. The Kier molecular flexibility index (Phi) is 2.68. The SMILES string of the molecule is O=C1CCC(=O)N1[I-]I. The predicted molar refractivity (Wildman–Crippen MR) is 35.1 cm³/mol. The fourth-order valence-electron chi connectivity index (χ4n) is 0.621. The van der Waals surface area contributed by atoms with E-state index in [9.17, 15) is 9.59 Å². The first kappa shape index (κ1) is 7.70. The van der Waals surface area contributed by atoms with Crippen LogP contribution < -0.4 is 17.5 Å². The van der Waals surface area contributed by atoms with Crippen LogP contribution in [0.4, 0.5) is 0 Å². The van der Waals surface area contributed by atoms with Gasteiger partial charge in [0.2, 0.25) is 0 Å². The van der Waals surface area contributed by atoms with E-state index in [-0.39, 0.29) is 29.3 Å². The molecule has 2 amide bonds. The van der Waals surface area contributed by atoms with Crippen molar-refractivity contribution >= 4 is 30.4 Å². The van der Waals surface area contributed by atoms with Gasteiger partial charge in [0.25, 0.3) is 0 Å². The second kappa shape index (κ2) is 3.13. The van der Waals surface area contributed by atoms with Crippen LogP contribution in [0.1, 0.15) is 12.8 Å². The van der Waals surface area contributed by atoms with Crippen molar-refractivity contribution in [2.75, 3.05) is 0 Å². The summed E-state index contributed by atoms with van der Waals surface area (Å²) in [4.78, 5) is 21.5. The van der Waals surface area contributed by atoms with Gasteiger partial charge in [0, 0.05) is 0 Å². The second-order valence-corrected chi connectivity index (χ2v) is 5.41. The van der Waals surface area contributed by atoms with E-state index in [0.29, 0.717) is 12.8 Å². The van der Waals surface area contributed by atoms with Crippen LogP contribution in [-0.4, -0.2) is 14.9 Å². The maximum atomic E-state index is 10.7. The van der Waals surface area contributed by atoms with Gasteiger partial charge in [0.15, 0.2) is 0 Å². The summed E-state index contributed by atoms with van der Waals surface area (Å²) in [5.74, 6) is 0.0319. The molecule has 1 saturated heterocycles. The minimum absolute atomic E-state index is 0.0159. The molecule has 0 atom stereocenters. The van der Waals surface area contributed by atoms with Gasteiger partial charge >= 0.3 is 73.5 Å². The normalized spacial score (nSPS) is 19.9. The molecule has 1 aliphatic rings. The molecule has 0 unspecified atom stereocenters. The quantitative estimate of drug-likeness (QED) is 0.297. The molecular weight excluding hydrogens is 348 g/mol. The van der Waals surface area contributed by atoms with Crippen LogP contribution >= 0.6 is 18.6 Å². The Labute approximate surface area is 73.0 Å². The summed E-state index contributed by atoms with van der Waals surface area (Å²) < 4.78 is 1.39. The van der Waals surface area contributed by atoms with E-state index in [1.165, 1.54) is 3.11 Å². The van der Waals surface area contributed by atoms with Gasteiger partial charge in [-0.1, -0.05) is 0 Å². The third-order valence-corrected chi connectivity index (χ3v) is 4.94. The molecule has 3 nitrogen and oxygen atoms in total. The molecule has 1 fully saturated rings. The summed E-state index contributed by atoms with van der Waals surface area (Å²) >= 11 is 1.74. The van der Waals surface area contributed by atoms with Gasteiger partial charge in [0.1, 0.15) is 0 Å². The average Bonchev–Trinajstić information content (AvgIpc) is 2.12. The minimum atomic E-state index is -0.372. The van der Waals surface area contributed by atoms with Gasteiger partial charge in [0.05, 0.1) is 0 Å². The molecule has 1 aliphatic heterocycles. The van der Waals surface area contributed by atoms with Gasteiger partial charge in [-0.15, -0.1) is 0 Å². The summed E-state index contributed by atoms with van der Waals surface area (Å²) in [6, 6.07) is 0. The molecule has 1 heterocycles. The number of carbonyl (C=O) groups is 2. The Morgan fingerprint density at radius 2 is 1.78 bits per heavy atom. The van der Waals surface area contributed by atoms with E-state index in [1.807, 2.05) is 0 Å². The number of rotatable bonds is 1. The molecule has 52 valence electrons. The molecule has 1 rings (SSSR count). The number of hydrogen-bond acceptors (Lipinski definition) is 2. The van der Waals surface area contributed by atoms with Crippen LogP contribution in [0.3, 0.4) is 0 Å². The summed E-state index contributed by atoms with van der Waals surface area (Å²) in [7, 11) is 0. The van der Waals surface area contributed by atoms with Crippen LogP contribution in [0.5, 0.6) is 0 Å². The maximum absolute atomic E-state index is 10.7. The molecule has 0 saturated carbocycles. The third-order valence-electron chi connectivity index (χ3n) is 1.05. The van der Waals surface area contributed by atoms with E-state index in [1.54, 1.807) is 0 Å². The topological polar surface area (TPSA) is 37.4 Å². The molecule has 0 aliphatic carbocycles. The van der Waals surface area contributed by atoms with Crippen molar-refractivity contribution in [3.63, 3.8) is 0 Å². The number of nitrogens with zero attached hydrogens (tertiary/aromatic N) is 1. The van der Waals surface area contributed by atoms with Crippen molar-refractivity contribution in [1.82, 2.24) is 3.11 Å². The third kappa shape index (κ3) is 1.54. The Morgan fingerprint density at radius 3 is 2.00 bits per heavy atom. The van der Waals surface area contributed by atoms with Crippen LogP contribution in [0.2, 0.25) is 0 Å². The first-order valence-corrected chi connectivity index (χ1v) is 9.63. The number of amides is 2. The van der Waals surface area contributed by atoms with Crippen LogP contribution in [-0.2, 0) is 9.59 Å². The molecule has 0 bridgehead atoms. The van der Waals surface area contributed by atoms with E-state index in [2.05, 4.69) is 18.6 Å². The van der Waals surface area contributed by atoms with Crippen molar-refractivity contribution in [2.24, 2.45) is 0 Å². The van der Waals surface area contributed by atoms with Gasteiger partial charge in [-0.3, -0.25) is 0 Å². The summed E-state index contributed by atoms with van der Waals surface area (Å²) in [6.45, 7) is 0. The first-order chi connectivity index (χ1) is 4.25. The summed E-state index contributed by atoms with van der Waals surface area (Å²) in [5.41, 5.74) is 0. The molecule has 9 heavy (non-hydrogen) atoms. The zero-order chi connectivity index (χ0) is 6.85. The standard InChI is InChI=1S/C4H4I2NO2/c5-6-7-3(8)1-2-4(7)9/h1-2H2/q-1. The van der Waals surface area contributed by atoms with Crippen LogP contribution in [0, 0.1) is 0 Å². The van der Waals surface area contributed by atoms with E-state index < -0.39 is 0 Å². The monoisotopic (exact) mass is 352 g/mol. The predicted octanol–water partition coefficient (Wildman–Crippen LogP) is -2.51. The summed E-state index contributed by atoms with van der Waals surface area (Å²) in [5, 5.41) is 0. The van der Waals surface area contributed by atoms with E-state index in [4.69, 9.17) is 0 Å². The van der Waals surface area contributed by atoms with Crippen molar-refractivity contribution in [3.05, 3.63) is 0 Å². The summed E-state index contributed by atoms with van der Waals surface area (Å²) in [6.07, 6.45) is 0.864. The number of imide groups is 1. The molecule has 0 radical (unpaired) electrons. The Bertz CT molecular complexity index is 143. The first-order valence-electron chi connectivity index (χ1n) is 2.37. The van der Waals surface area contributed by atoms with Crippen molar-refractivity contribution in [2.45, 2.75) is 12.8 Å².